The van der Waals surface area contributed by atoms with E-state index in [2.05, 4.69) is 42.2 Å². The number of H-pyrrole nitrogens is 1. The molecular formula is C27H24N2O3. The first-order valence-corrected chi connectivity index (χ1v) is 10.7. The van der Waals surface area contributed by atoms with Crippen molar-refractivity contribution in [3.8, 4) is 11.3 Å². The van der Waals surface area contributed by atoms with Crippen molar-refractivity contribution >= 4 is 22.8 Å². The molecule has 1 aromatic heterocycles. The fourth-order valence-electron chi connectivity index (χ4n) is 4.71. The third kappa shape index (κ3) is 3.01. The number of fused-ring (bicyclic) bond motifs is 2. The van der Waals surface area contributed by atoms with E-state index in [0.717, 1.165) is 33.3 Å². The molecule has 5 rings (SSSR count). The van der Waals surface area contributed by atoms with E-state index in [1.807, 2.05) is 42.5 Å². The monoisotopic (exact) mass is 424 g/mol. The molecule has 0 unspecified atom stereocenters. The topological polar surface area (TPSA) is 62.4 Å². The van der Waals surface area contributed by atoms with Crippen molar-refractivity contribution in [1.82, 2.24) is 9.88 Å². The summed E-state index contributed by atoms with van der Waals surface area (Å²) in [6.07, 6.45) is 0. The summed E-state index contributed by atoms with van der Waals surface area (Å²) in [6.45, 7) is 3.78. The molecule has 0 saturated carbocycles. The Morgan fingerprint density at radius 1 is 1.00 bits per heavy atom. The second-order valence-corrected chi connectivity index (χ2v) is 8.23. The van der Waals surface area contributed by atoms with E-state index in [4.69, 9.17) is 4.74 Å². The zero-order valence-corrected chi connectivity index (χ0v) is 18.3. The molecular weight excluding hydrogens is 400 g/mol. The lowest BCUT2D eigenvalue weighted by Gasteiger charge is -2.30. The Labute approximate surface area is 186 Å². The normalized spacial score (nSPS) is 16.3. The van der Waals surface area contributed by atoms with Gasteiger partial charge in [-0.2, -0.15) is 0 Å². The molecule has 0 aliphatic carbocycles. The second-order valence-electron chi connectivity index (χ2n) is 8.23. The number of amides is 1. The molecule has 1 amide bonds. The van der Waals surface area contributed by atoms with Crippen LogP contribution in [0.2, 0.25) is 0 Å². The number of carbonyl (C=O) groups is 2. The number of rotatable bonds is 4. The first kappa shape index (κ1) is 20.1. The SMILES string of the molecule is COC(=O)[C@@H](C)N1C(=O)c2ccccc2[C@H]1c1c(-c2ccc(C)cc2)[nH]c2ccccc12. The summed E-state index contributed by atoms with van der Waals surface area (Å²) >= 11 is 0. The molecule has 1 aliphatic heterocycles. The Bertz CT molecular complexity index is 1340. The highest BCUT2D eigenvalue weighted by atomic mass is 16.5. The minimum absolute atomic E-state index is 0.163. The molecule has 4 aromatic rings. The van der Waals surface area contributed by atoms with Gasteiger partial charge in [0.2, 0.25) is 0 Å². The number of esters is 1. The van der Waals surface area contributed by atoms with Crippen molar-refractivity contribution in [3.63, 3.8) is 0 Å². The van der Waals surface area contributed by atoms with Crippen molar-refractivity contribution in [2.75, 3.05) is 7.11 Å². The van der Waals surface area contributed by atoms with E-state index in [1.54, 1.807) is 11.8 Å². The number of para-hydroxylation sites is 1. The highest BCUT2D eigenvalue weighted by Crippen LogP contribution is 2.46. The van der Waals surface area contributed by atoms with Crippen molar-refractivity contribution in [2.45, 2.75) is 25.9 Å². The molecule has 0 saturated heterocycles. The van der Waals surface area contributed by atoms with E-state index in [0.29, 0.717) is 5.56 Å². The predicted molar refractivity (Wildman–Crippen MR) is 124 cm³/mol. The van der Waals surface area contributed by atoms with Crippen LogP contribution in [-0.2, 0) is 9.53 Å². The Hall–Kier alpha value is -3.86. The van der Waals surface area contributed by atoms with Crippen LogP contribution >= 0.6 is 0 Å². The van der Waals surface area contributed by atoms with Crippen LogP contribution in [-0.4, -0.2) is 34.9 Å². The summed E-state index contributed by atoms with van der Waals surface area (Å²) in [7, 11) is 1.35. The van der Waals surface area contributed by atoms with Crippen LogP contribution in [0, 0.1) is 6.92 Å². The minimum Gasteiger partial charge on any atom is -0.467 e. The minimum atomic E-state index is -0.732. The summed E-state index contributed by atoms with van der Waals surface area (Å²) in [4.78, 5) is 31.3. The van der Waals surface area contributed by atoms with Gasteiger partial charge in [0.05, 0.1) is 18.8 Å². The third-order valence-electron chi connectivity index (χ3n) is 6.32. The lowest BCUT2D eigenvalue weighted by molar-refractivity contribution is -0.145. The molecule has 5 heteroatoms. The average molecular weight is 425 g/mol. The van der Waals surface area contributed by atoms with Crippen molar-refractivity contribution < 1.29 is 14.3 Å². The fraction of sp³-hybridized carbons (Fsp3) is 0.185. The fourth-order valence-corrected chi connectivity index (χ4v) is 4.71. The van der Waals surface area contributed by atoms with Crippen LogP contribution in [0.5, 0.6) is 0 Å². The molecule has 2 heterocycles. The molecule has 2 atom stereocenters. The van der Waals surface area contributed by atoms with E-state index in [1.165, 1.54) is 12.7 Å². The van der Waals surface area contributed by atoms with E-state index >= 15 is 0 Å². The van der Waals surface area contributed by atoms with Gasteiger partial charge >= 0.3 is 5.97 Å². The lowest BCUT2D eigenvalue weighted by Crippen LogP contribution is -2.42. The predicted octanol–water partition coefficient (Wildman–Crippen LogP) is 5.25. The molecule has 1 N–H and O–H groups in total. The van der Waals surface area contributed by atoms with Crippen LogP contribution in [0.3, 0.4) is 0 Å². The molecule has 32 heavy (non-hydrogen) atoms. The Morgan fingerprint density at radius 3 is 2.44 bits per heavy atom. The van der Waals surface area contributed by atoms with Gasteiger partial charge in [0.25, 0.3) is 5.91 Å². The summed E-state index contributed by atoms with van der Waals surface area (Å²) in [6, 6.07) is 22.9. The average Bonchev–Trinajstić information content (AvgIpc) is 3.34. The first-order valence-electron chi connectivity index (χ1n) is 10.7. The van der Waals surface area contributed by atoms with E-state index in [9.17, 15) is 9.59 Å². The molecule has 0 spiro atoms. The van der Waals surface area contributed by atoms with E-state index in [-0.39, 0.29) is 5.91 Å². The van der Waals surface area contributed by atoms with Gasteiger partial charge in [-0.3, -0.25) is 4.79 Å². The number of methoxy groups -OCH3 is 1. The zero-order chi connectivity index (χ0) is 22.4. The van der Waals surface area contributed by atoms with Crippen molar-refractivity contribution in [3.05, 3.63) is 95.1 Å². The van der Waals surface area contributed by atoms with Gasteiger partial charge in [-0.15, -0.1) is 0 Å². The van der Waals surface area contributed by atoms with Crippen LogP contribution in [0.25, 0.3) is 22.2 Å². The highest BCUT2D eigenvalue weighted by molar-refractivity contribution is 6.03. The highest BCUT2D eigenvalue weighted by Gasteiger charge is 2.44. The summed E-state index contributed by atoms with van der Waals surface area (Å²) in [5, 5.41) is 1.03. The summed E-state index contributed by atoms with van der Waals surface area (Å²) < 4.78 is 5.01. The zero-order valence-electron chi connectivity index (χ0n) is 18.3. The molecule has 160 valence electrons. The van der Waals surface area contributed by atoms with Gasteiger partial charge in [0.15, 0.2) is 0 Å². The van der Waals surface area contributed by atoms with Gasteiger partial charge < -0.3 is 14.6 Å². The number of ether oxygens (including phenoxy) is 1. The smallest absolute Gasteiger partial charge is 0.328 e. The summed E-state index contributed by atoms with van der Waals surface area (Å²) in [5.74, 6) is -0.600. The number of carbonyl (C=O) groups excluding carboxylic acids is 2. The van der Waals surface area contributed by atoms with E-state index < -0.39 is 18.1 Å². The van der Waals surface area contributed by atoms with Gasteiger partial charge in [0.1, 0.15) is 6.04 Å². The number of aromatic nitrogens is 1. The number of hydrogen-bond acceptors (Lipinski definition) is 3. The maximum absolute atomic E-state index is 13.5. The van der Waals surface area contributed by atoms with Crippen LogP contribution < -0.4 is 0 Å². The number of benzene rings is 3. The maximum Gasteiger partial charge on any atom is 0.328 e. The van der Waals surface area contributed by atoms with Gasteiger partial charge in [-0.25, -0.2) is 4.79 Å². The number of hydrogen-bond donors (Lipinski definition) is 1. The Balaban J connectivity index is 1.81. The first-order chi connectivity index (χ1) is 15.5. The standard InChI is InChI=1S/C27H24N2O3/c1-16-12-14-18(15-13-16)24-23(21-10-6-7-11-22(21)28-24)25-19-8-4-5-9-20(19)26(30)29(25)17(2)27(31)32-3/h4-15,17,25,28H,1-3H3/t17-,25+/m1/s1. The molecule has 1 aliphatic rings. The van der Waals surface area contributed by atoms with Crippen molar-refractivity contribution in [2.24, 2.45) is 0 Å². The lowest BCUT2D eigenvalue weighted by atomic mass is 9.92. The van der Waals surface area contributed by atoms with Gasteiger partial charge in [0, 0.05) is 22.0 Å². The molecule has 0 bridgehead atoms. The van der Waals surface area contributed by atoms with Gasteiger partial charge in [-0.1, -0.05) is 66.2 Å². The molecule has 0 radical (unpaired) electrons. The molecule has 0 fully saturated rings. The number of nitrogens with one attached hydrogen (secondary N) is 1. The van der Waals surface area contributed by atoms with Crippen LogP contribution in [0.1, 0.15) is 40.0 Å². The number of aryl methyl sites for hydroxylation is 1. The molecule has 5 nitrogen and oxygen atoms in total. The Kier molecular flexibility index (Phi) is 4.82. The van der Waals surface area contributed by atoms with Gasteiger partial charge in [-0.05, 0) is 37.1 Å². The largest absolute Gasteiger partial charge is 0.467 e. The third-order valence-corrected chi connectivity index (χ3v) is 6.32. The van der Waals surface area contributed by atoms with Crippen LogP contribution in [0.4, 0.5) is 0 Å². The number of nitrogens with zero attached hydrogens (tertiary/aromatic N) is 1. The summed E-state index contributed by atoms with van der Waals surface area (Å²) in [5.41, 5.74) is 6.64. The quantitative estimate of drug-likeness (QED) is 0.455. The second kappa shape index (κ2) is 7.68. The Morgan fingerprint density at radius 2 is 1.69 bits per heavy atom. The maximum atomic E-state index is 13.5. The van der Waals surface area contributed by atoms with Crippen molar-refractivity contribution in [1.29, 1.82) is 0 Å². The number of aromatic amines is 1. The molecule has 3 aromatic carbocycles. The van der Waals surface area contributed by atoms with Crippen LogP contribution in [0.15, 0.2) is 72.8 Å².